The van der Waals surface area contributed by atoms with Crippen molar-refractivity contribution in [3.8, 4) is 0 Å². The fourth-order valence-electron chi connectivity index (χ4n) is 1.96. The summed E-state index contributed by atoms with van der Waals surface area (Å²) in [6, 6.07) is 8.38. The van der Waals surface area contributed by atoms with Crippen LogP contribution in [0.25, 0.3) is 0 Å². The standard InChI is InChI=1S/C15H17Br2N3/c1-10-4-5-12(7-15(10)20(2)3)18-9-14-13(17)6-11(16)8-19-14/h4-8,18H,9H2,1-3H3. The highest BCUT2D eigenvalue weighted by Crippen LogP contribution is 2.24. The molecule has 1 N–H and O–H groups in total. The molecular formula is C15H17Br2N3. The van der Waals surface area contributed by atoms with E-state index in [-0.39, 0.29) is 0 Å². The van der Waals surface area contributed by atoms with Crippen molar-refractivity contribution in [2.45, 2.75) is 13.5 Å². The lowest BCUT2D eigenvalue weighted by Crippen LogP contribution is -2.11. The van der Waals surface area contributed by atoms with Crippen LogP contribution in [0.2, 0.25) is 0 Å². The van der Waals surface area contributed by atoms with Gasteiger partial charge in [-0.25, -0.2) is 0 Å². The number of benzene rings is 1. The number of halogens is 2. The van der Waals surface area contributed by atoms with Crippen molar-refractivity contribution < 1.29 is 0 Å². The van der Waals surface area contributed by atoms with Gasteiger partial charge in [0, 0.05) is 40.6 Å². The number of anilines is 2. The van der Waals surface area contributed by atoms with Crippen LogP contribution in [-0.2, 0) is 6.54 Å². The van der Waals surface area contributed by atoms with Gasteiger partial charge in [-0.3, -0.25) is 4.98 Å². The zero-order valence-corrected chi connectivity index (χ0v) is 14.9. The van der Waals surface area contributed by atoms with Gasteiger partial charge >= 0.3 is 0 Å². The molecule has 1 heterocycles. The Morgan fingerprint density at radius 3 is 2.60 bits per heavy atom. The zero-order valence-electron chi connectivity index (χ0n) is 11.7. The molecule has 0 aliphatic heterocycles. The third-order valence-corrected chi connectivity index (χ3v) is 4.16. The molecule has 20 heavy (non-hydrogen) atoms. The number of nitrogens with one attached hydrogen (secondary N) is 1. The largest absolute Gasteiger partial charge is 0.379 e. The predicted octanol–water partition coefficient (Wildman–Crippen LogP) is 4.59. The molecule has 0 bridgehead atoms. The van der Waals surface area contributed by atoms with Crippen LogP contribution in [0.5, 0.6) is 0 Å². The lowest BCUT2D eigenvalue weighted by atomic mass is 10.1. The van der Waals surface area contributed by atoms with Crippen LogP contribution in [0, 0.1) is 6.92 Å². The van der Waals surface area contributed by atoms with Gasteiger partial charge in [-0.2, -0.15) is 0 Å². The minimum absolute atomic E-state index is 0.684. The fraction of sp³-hybridized carbons (Fsp3) is 0.267. The first-order valence-electron chi connectivity index (χ1n) is 6.29. The monoisotopic (exact) mass is 397 g/mol. The van der Waals surface area contributed by atoms with E-state index in [9.17, 15) is 0 Å². The van der Waals surface area contributed by atoms with Gasteiger partial charge in [-0.1, -0.05) is 6.07 Å². The molecule has 0 aliphatic rings. The van der Waals surface area contributed by atoms with Crippen LogP contribution in [0.15, 0.2) is 39.4 Å². The molecule has 2 rings (SSSR count). The Kier molecular flexibility index (Phi) is 5.05. The topological polar surface area (TPSA) is 28.2 Å². The van der Waals surface area contributed by atoms with Gasteiger partial charge < -0.3 is 10.2 Å². The number of nitrogens with zero attached hydrogens (tertiary/aromatic N) is 2. The number of rotatable bonds is 4. The minimum atomic E-state index is 0.684. The van der Waals surface area contributed by atoms with Crippen molar-refractivity contribution in [3.63, 3.8) is 0 Å². The molecular weight excluding hydrogens is 382 g/mol. The molecule has 1 aromatic heterocycles. The first kappa shape index (κ1) is 15.3. The Balaban J connectivity index is 2.13. The van der Waals surface area contributed by atoms with Crippen molar-refractivity contribution in [1.29, 1.82) is 0 Å². The van der Waals surface area contributed by atoms with Gasteiger partial charge in [0.2, 0.25) is 0 Å². The Morgan fingerprint density at radius 1 is 1.20 bits per heavy atom. The van der Waals surface area contributed by atoms with Gasteiger partial charge in [0.25, 0.3) is 0 Å². The van der Waals surface area contributed by atoms with Gasteiger partial charge in [0.1, 0.15) is 0 Å². The number of aromatic nitrogens is 1. The average molecular weight is 399 g/mol. The molecule has 0 fully saturated rings. The first-order valence-corrected chi connectivity index (χ1v) is 7.87. The van der Waals surface area contributed by atoms with Crippen LogP contribution < -0.4 is 10.2 Å². The number of pyridine rings is 1. The van der Waals surface area contributed by atoms with Crippen molar-refractivity contribution in [3.05, 3.63) is 50.7 Å². The molecule has 0 saturated heterocycles. The second-order valence-electron chi connectivity index (χ2n) is 4.83. The highest BCUT2D eigenvalue weighted by molar-refractivity contribution is 9.11. The Bertz CT molecular complexity index is 612. The molecule has 0 unspecified atom stereocenters. The Labute approximate surface area is 136 Å². The van der Waals surface area contributed by atoms with E-state index in [0.29, 0.717) is 6.54 Å². The van der Waals surface area contributed by atoms with Crippen molar-refractivity contribution in [2.24, 2.45) is 0 Å². The third kappa shape index (κ3) is 3.73. The van der Waals surface area contributed by atoms with Crippen LogP contribution in [0.1, 0.15) is 11.3 Å². The van der Waals surface area contributed by atoms with Crippen LogP contribution in [0.4, 0.5) is 11.4 Å². The predicted molar refractivity (Wildman–Crippen MR) is 92.5 cm³/mol. The summed E-state index contributed by atoms with van der Waals surface area (Å²) >= 11 is 6.94. The van der Waals surface area contributed by atoms with E-state index < -0.39 is 0 Å². The third-order valence-electron chi connectivity index (χ3n) is 3.03. The molecule has 0 atom stereocenters. The number of aryl methyl sites for hydroxylation is 1. The summed E-state index contributed by atoms with van der Waals surface area (Å²) in [4.78, 5) is 6.52. The highest BCUT2D eigenvalue weighted by Gasteiger charge is 2.05. The quantitative estimate of drug-likeness (QED) is 0.815. The van der Waals surface area contributed by atoms with Gasteiger partial charge in [0.15, 0.2) is 0 Å². The Hall–Kier alpha value is -1.07. The summed E-state index contributed by atoms with van der Waals surface area (Å²) in [5.41, 5.74) is 4.57. The van der Waals surface area contributed by atoms with E-state index in [4.69, 9.17) is 0 Å². The smallest absolute Gasteiger partial charge is 0.0737 e. The molecule has 0 aliphatic carbocycles. The normalized spacial score (nSPS) is 10.4. The summed E-state index contributed by atoms with van der Waals surface area (Å²) in [5, 5.41) is 3.41. The van der Waals surface area contributed by atoms with Gasteiger partial charge in [0.05, 0.1) is 12.2 Å². The minimum Gasteiger partial charge on any atom is -0.379 e. The van der Waals surface area contributed by atoms with Crippen molar-refractivity contribution in [1.82, 2.24) is 4.98 Å². The Morgan fingerprint density at radius 2 is 1.95 bits per heavy atom. The molecule has 0 saturated carbocycles. The van der Waals surface area contributed by atoms with Crippen molar-refractivity contribution in [2.75, 3.05) is 24.3 Å². The van der Waals surface area contributed by atoms with Crippen LogP contribution in [-0.4, -0.2) is 19.1 Å². The molecule has 1 aromatic carbocycles. The molecule has 5 heteroatoms. The summed E-state index contributed by atoms with van der Waals surface area (Å²) < 4.78 is 1.97. The summed E-state index contributed by atoms with van der Waals surface area (Å²) in [5.74, 6) is 0. The second kappa shape index (κ2) is 6.59. The van der Waals surface area contributed by atoms with Gasteiger partial charge in [-0.05, 0) is 62.5 Å². The number of hydrogen-bond acceptors (Lipinski definition) is 3. The van der Waals surface area contributed by atoms with E-state index in [1.807, 2.05) is 12.3 Å². The van der Waals surface area contributed by atoms with E-state index in [1.165, 1.54) is 11.3 Å². The summed E-state index contributed by atoms with van der Waals surface area (Å²) in [6.45, 7) is 2.80. The highest BCUT2D eigenvalue weighted by atomic mass is 79.9. The molecule has 2 aromatic rings. The number of hydrogen-bond donors (Lipinski definition) is 1. The van der Waals surface area contributed by atoms with E-state index in [1.54, 1.807) is 0 Å². The van der Waals surface area contributed by atoms with Gasteiger partial charge in [-0.15, -0.1) is 0 Å². The molecule has 0 spiro atoms. The zero-order chi connectivity index (χ0) is 14.7. The van der Waals surface area contributed by atoms with Crippen LogP contribution in [0.3, 0.4) is 0 Å². The van der Waals surface area contributed by atoms with E-state index >= 15 is 0 Å². The maximum absolute atomic E-state index is 4.40. The molecule has 0 radical (unpaired) electrons. The average Bonchev–Trinajstić information content (AvgIpc) is 2.39. The lowest BCUT2D eigenvalue weighted by Gasteiger charge is -2.17. The van der Waals surface area contributed by atoms with E-state index in [0.717, 1.165) is 20.3 Å². The van der Waals surface area contributed by atoms with E-state index in [2.05, 4.69) is 86.3 Å². The SMILES string of the molecule is Cc1ccc(NCc2ncc(Br)cc2Br)cc1N(C)C. The molecule has 3 nitrogen and oxygen atoms in total. The molecule has 106 valence electrons. The first-order chi connectivity index (χ1) is 9.47. The molecule has 0 amide bonds. The second-order valence-corrected chi connectivity index (χ2v) is 6.60. The summed E-state index contributed by atoms with van der Waals surface area (Å²) in [6.07, 6.45) is 1.81. The van der Waals surface area contributed by atoms with Crippen LogP contribution >= 0.6 is 31.9 Å². The maximum Gasteiger partial charge on any atom is 0.0737 e. The lowest BCUT2D eigenvalue weighted by molar-refractivity contribution is 1.03. The fourth-order valence-corrected chi connectivity index (χ4v) is 3.09. The van der Waals surface area contributed by atoms with Crippen molar-refractivity contribution >= 4 is 43.2 Å². The maximum atomic E-state index is 4.40. The summed E-state index contributed by atoms with van der Waals surface area (Å²) in [7, 11) is 4.11.